The van der Waals surface area contributed by atoms with E-state index in [2.05, 4.69) is 16.8 Å². The number of benzene rings is 2. The van der Waals surface area contributed by atoms with Crippen LogP contribution in [0.4, 0.5) is 0 Å². The Kier molecular flexibility index (Phi) is 5.86. The molecule has 6 heteroatoms. The van der Waals surface area contributed by atoms with Gasteiger partial charge in [-0.25, -0.2) is 4.98 Å². The fourth-order valence-electron chi connectivity index (χ4n) is 3.25. The minimum absolute atomic E-state index is 0.149. The van der Waals surface area contributed by atoms with E-state index < -0.39 is 12.1 Å². The minimum Gasteiger partial charge on any atom is -0.489 e. The van der Waals surface area contributed by atoms with E-state index in [4.69, 9.17) is 10.5 Å². The average Bonchev–Trinajstić information content (AvgIpc) is 3.24. The standard InChI is InChI=1S/C24H25N3O3/c1-16(29)24-26-12-13-27(24)20(15-28)9-4-17-2-5-18(6-3-17)19-7-10-21(11-8-19)30-23-14-22(23)25/h2-3,5-8,10-13,16,20,22-23,28-29H,14-15,25H2,1H3/t16-,20-,22?,23?/m0/s1. The number of aromatic nitrogens is 2. The molecule has 6 nitrogen and oxygen atoms in total. The lowest BCUT2D eigenvalue weighted by Crippen LogP contribution is -2.15. The van der Waals surface area contributed by atoms with Crippen molar-refractivity contribution >= 4 is 0 Å². The molecule has 0 aliphatic heterocycles. The first-order valence-electron chi connectivity index (χ1n) is 10.0. The summed E-state index contributed by atoms with van der Waals surface area (Å²) in [5.41, 5.74) is 8.81. The Bertz CT molecular complexity index is 1050. The molecule has 1 saturated carbocycles. The van der Waals surface area contributed by atoms with Crippen molar-refractivity contribution in [1.29, 1.82) is 0 Å². The number of ether oxygens (including phenoxy) is 1. The Labute approximate surface area is 176 Å². The second kappa shape index (κ2) is 8.72. The largest absolute Gasteiger partial charge is 0.489 e. The molecule has 3 aromatic rings. The maximum absolute atomic E-state index is 9.81. The molecule has 0 bridgehead atoms. The first-order valence-corrected chi connectivity index (χ1v) is 10.0. The number of aliphatic hydroxyl groups is 2. The number of nitrogens with zero attached hydrogens (tertiary/aromatic N) is 2. The monoisotopic (exact) mass is 403 g/mol. The molecule has 30 heavy (non-hydrogen) atoms. The van der Waals surface area contributed by atoms with E-state index in [0.717, 1.165) is 28.9 Å². The molecule has 154 valence electrons. The minimum atomic E-state index is -0.729. The summed E-state index contributed by atoms with van der Waals surface area (Å²) in [5.74, 6) is 7.48. The third kappa shape index (κ3) is 4.55. The maximum Gasteiger partial charge on any atom is 0.138 e. The van der Waals surface area contributed by atoms with Gasteiger partial charge in [-0.3, -0.25) is 0 Å². The van der Waals surface area contributed by atoms with Crippen LogP contribution in [0, 0.1) is 11.8 Å². The van der Waals surface area contributed by atoms with E-state index in [1.807, 2.05) is 48.5 Å². The number of imidazole rings is 1. The van der Waals surface area contributed by atoms with Crippen LogP contribution >= 0.6 is 0 Å². The van der Waals surface area contributed by atoms with Gasteiger partial charge in [0, 0.05) is 30.4 Å². The van der Waals surface area contributed by atoms with E-state index in [9.17, 15) is 10.2 Å². The fourth-order valence-corrected chi connectivity index (χ4v) is 3.25. The molecular formula is C24H25N3O3. The van der Waals surface area contributed by atoms with Crippen molar-refractivity contribution in [1.82, 2.24) is 9.55 Å². The lowest BCUT2D eigenvalue weighted by Gasteiger charge is -2.14. The molecular weight excluding hydrogens is 378 g/mol. The van der Waals surface area contributed by atoms with Gasteiger partial charge in [-0.15, -0.1) is 0 Å². The summed E-state index contributed by atoms with van der Waals surface area (Å²) in [6.45, 7) is 1.47. The number of aliphatic hydroxyl groups excluding tert-OH is 2. The summed E-state index contributed by atoms with van der Waals surface area (Å²) in [5, 5.41) is 19.5. The highest BCUT2D eigenvalue weighted by Gasteiger charge is 2.35. The summed E-state index contributed by atoms with van der Waals surface area (Å²) in [4.78, 5) is 4.13. The van der Waals surface area contributed by atoms with Crippen LogP contribution in [0.2, 0.25) is 0 Å². The Morgan fingerprint density at radius 3 is 2.37 bits per heavy atom. The van der Waals surface area contributed by atoms with Gasteiger partial charge in [-0.05, 0) is 42.3 Å². The van der Waals surface area contributed by atoms with Gasteiger partial charge in [0.2, 0.25) is 0 Å². The Morgan fingerprint density at radius 2 is 1.80 bits per heavy atom. The summed E-state index contributed by atoms with van der Waals surface area (Å²) in [6, 6.07) is 15.6. The molecule has 4 rings (SSSR count). The smallest absolute Gasteiger partial charge is 0.138 e. The van der Waals surface area contributed by atoms with Gasteiger partial charge in [0.15, 0.2) is 0 Å². The molecule has 0 spiro atoms. The van der Waals surface area contributed by atoms with Gasteiger partial charge < -0.3 is 25.3 Å². The van der Waals surface area contributed by atoms with Crippen LogP contribution in [0.5, 0.6) is 5.75 Å². The Balaban J connectivity index is 1.45. The van der Waals surface area contributed by atoms with Gasteiger partial charge in [0.25, 0.3) is 0 Å². The number of hydrogen-bond acceptors (Lipinski definition) is 5. The fraction of sp³-hybridized carbons (Fsp3) is 0.292. The summed E-state index contributed by atoms with van der Waals surface area (Å²) in [6.07, 6.45) is 3.65. The van der Waals surface area contributed by atoms with Crippen LogP contribution in [-0.2, 0) is 0 Å². The first-order chi connectivity index (χ1) is 14.5. The molecule has 0 radical (unpaired) electrons. The summed E-state index contributed by atoms with van der Waals surface area (Å²) >= 11 is 0. The average molecular weight is 403 g/mol. The Morgan fingerprint density at radius 1 is 1.17 bits per heavy atom. The third-order valence-corrected chi connectivity index (χ3v) is 5.10. The lowest BCUT2D eigenvalue weighted by atomic mass is 10.0. The van der Waals surface area contributed by atoms with Crippen molar-refractivity contribution in [3.05, 3.63) is 72.3 Å². The van der Waals surface area contributed by atoms with Crippen LogP contribution in [-0.4, -0.2) is 38.5 Å². The van der Waals surface area contributed by atoms with Gasteiger partial charge in [-0.1, -0.05) is 36.1 Å². The second-order valence-corrected chi connectivity index (χ2v) is 7.49. The van der Waals surface area contributed by atoms with Crippen molar-refractivity contribution in [3.63, 3.8) is 0 Å². The highest BCUT2D eigenvalue weighted by molar-refractivity contribution is 5.65. The van der Waals surface area contributed by atoms with Crippen molar-refractivity contribution in [3.8, 4) is 28.7 Å². The van der Waals surface area contributed by atoms with Gasteiger partial charge in [0.05, 0.1) is 6.61 Å². The molecule has 4 N–H and O–H groups in total. The van der Waals surface area contributed by atoms with Crippen LogP contribution in [0.1, 0.15) is 36.9 Å². The molecule has 2 aromatic carbocycles. The van der Waals surface area contributed by atoms with E-state index in [1.54, 1.807) is 23.9 Å². The van der Waals surface area contributed by atoms with Crippen LogP contribution < -0.4 is 10.5 Å². The van der Waals surface area contributed by atoms with E-state index in [0.29, 0.717) is 5.82 Å². The molecule has 0 amide bonds. The van der Waals surface area contributed by atoms with Crippen molar-refractivity contribution in [2.24, 2.45) is 5.73 Å². The molecule has 0 saturated heterocycles. The van der Waals surface area contributed by atoms with E-state index in [-0.39, 0.29) is 18.8 Å². The molecule has 1 fully saturated rings. The van der Waals surface area contributed by atoms with Gasteiger partial charge in [-0.2, -0.15) is 0 Å². The van der Waals surface area contributed by atoms with Crippen molar-refractivity contribution in [2.45, 2.75) is 37.6 Å². The topological polar surface area (TPSA) is 93.5 Å². The molecule has 1 aliphatic carbocycles. The maximum atomic E-state index is 9.81. The SMILES string of the molecule is C[C@H](O)c1nccn1[C@@H](C#Cc1ccc(-c2ccc(OC3CC3N)cc2)cc1)CO. The van der Waals surface area contributed by atoms with Gasteiger partial charge in [0.1, 0.15) is 29.8 Å². The first kappa shape index (κ1) is 20.2. The predicted molar refractivity (Wildman–Crippen MR) is 115 cm³/mol. The van der Waals surface area contributed by atoms with E-state index in [1.165, 1.54) is 0 Å². The number of hydrogen-bond donors (Lipinski definition) is 3. The van der Waals surface area contributed by atoms with Crippen LogP contribution in [0.3, 0.4) is 0 Å². The zero-order valence-electron chi connectivity index (χ0n) is 16.8. The lowest BCUT2D eigenvalue weighted by molar-refractivity contribution is 0.176. The zero-order chi connectivity index (χ0) is 21.1. The predicted octanol–water partition coefficient (Wildman–Crippen LogP) is 2.67. The van der Waals surface area contributed by atoms with Crippen LogP contribution in [0.15, 0.2) is 60.9 Å². The highest BCUT2D eigenvalue weighted by Crippen LogP contribution is 2.28. The third-order valence-electron chi connectivity index (χ3n) is 5.10. The van der Waals surface area contributed by atoms with Crippen molar-refractivity contribution < 1.29 is 14.9 Å². The number of nitrogens with two attached hydrogens (primary N) is 1. The highest BCUT2D eigenvalue weighted by atomic mass is 16.5. The normalized spacial score (nSPS) is 19.5. The van der Waals surface area contributed by atoms with Gasteiger partial charge >= 0.3 is 0 Å². The molecule has 1 aromatic heterocycles. The second-order valence-electron chi connectivity index (χ2n) is 7.49. The molecule has 1 aliphatic rings. The summed E-state index contributed by atoms with van der Waals surface area (Å²) < 4.78 is 7.48. The van der Waals surface area contributed by atoms with E-state index >= 15 is 0 Å². The summed E-state index contributed by atoms with van der Waals surface area (Å²) in [7, 11) is 0. The molecule has 2 unspecified atom stereocenters. The Hall–Kier alpha value is -3.11. The number of rotatable bonds is 6. The van der Waals surface area contributed by atoms with Crippen LogP contribution in [0.25, 0.3) is 11.1 Å². The molecule has 1 heterocycles. The molecule has 4 atom stereocenters. The quantitative estimate of drug-likeness (QED) is 0.550. The zero-order valence-corrected chi connectivity index (χ0v) is 16.8. The van der Waals surface area contributed by atoms with Crippen molar-refractivity contribution in [2.75, 3.05) is 6.61 Å².